The van der Waals surface area contributed by atoms with Gasteiger partial charge >= 0.3 is 11.9 Å². The van der Waals surface area contributed by atoms with Crippen LogP contribution in [0.1, 0.15) is 143 Å². The van der Waals surface area contributed by atoms with Crippen molar-refractivity contribution >= 4 is 11.9 Å². The van der Waals surface area contributed by atoms with Gasteiger partial charge in [0.2, 0.25) is 0 Å². The Bertz CT molecular complexity index is 1330. The fourth-order valence-electron chi connectivity index (χ4n) is 11.6. The van der Waals surface area contributed by atoms with Gasteiger partial charge < -0.3 is 24.8 Å². The summed E-state index contributed by atoms with van der Waals surface area (Å²) in [6.07, 6.45) is 14.1. The number of cyclic esters (lactones) is 1. The van der Waals surface area contributed by atoms with Gasteiger partial charge in [-0.05, 0) is 111 Å². The lowest BCUT2D eigenvalue weighted by atomic mass is 9.38. The molecule has 0 spiro atoms. The van der Waals surface area contributed by atoms with Gasteiger partial charge in [-0.2, -0.15) is 0 Å². The van der Waals surface area contributed by atoms with Crippen LogP contribution in [0.5, 0.6) is 0 Å². The summed E-state index contributed by atoms with van der Waals surface area (Å²) in [6.45, 7) is 10.5. The van der Waals surface area contributed by atoms with E-state index in [1.807, 2.05) is 13.0 Å². The molecule has 7 nitrogen and oxygen atoms in total. The highest BCUT2D eigenvalue weighted by Gasteiger charge is 2.74. The van der Waals surface area contributed by atoms with Crippen molar-refractivity contribution in [3.63, 3.8) is 0 Å². The molecule has 0 unspecified atom stereocenters. The summed E-state index contributed by atoms with van der Waals surface area (Å²) >= 11 is 0. The van der Waals surface area contributed by atoms with Gasteiger partial charge in [0.25, 0.3) is 0 Å². The SMILES string of the molecule is CCCCC[C@@H]1CC[C@@H]([C@]2(C)CC[C@@H](O)[C@@]3([C@H](O)CC[C@H](C)CCCc4ccccc4)[C@H]2[C@H](OC(C)=O)C[C@@H](C)[C@]3(O)CCC2=CC(=O)OC2)C1. The van der Waals surface area contributed by atoms with Crippen LogP contribution in [0.15, 0.2) is 42.0 Å². The molecule has 51 heavy (non-hydrogen) atoms. The number of fused-ring (bicyclic) bond motifs is 1. The lowest BCUT2D eigenvalue weighted by Crippen LogP contribution is -2.77. The van der Waals surface area contributed by atoms with Crippen LogP contribution in [0.25, 0.3) is 0 Å². The highest BCUT2D eigenvalue weighted by molar-refractivity contribution is 5.85. The molecular formula is C44H68O7. The molecule has 0 bridgehead atoms. The van der Waals surface area contributed by atoms with Gasteiger partial charge in [-0.1, -0.05) is 96.6 Å². The number of ether oxygens (including phenoxy) is 2. The third-order valence-electron chi connectivity index (χ3n) is 14.3. The van der Waals surface area contributed by atoms with E-state index >= 15 is 0 Å². The second-order valence-corrected chi connectivity index (χ2v) is 17.5. The number of carbonyl (C=O) groups excluding carboxylic acids is 2. The highest BCUT2D eigenvalue weighted by atomic mass is 16.5. The monoisotopic (exact) mass is 708 g/mol. The number of benzene rings is 1. The van der Waals surface area contributed by atoms with Crippen LogP contribution in [0.3, 0.4) is 0 Å². The second-order valence-electron chi connectivity index (χ2n) is 17.5. The molecule has 0 radical (unpaired) electrons. The molecule has 3 fully saturated rings. The number of unbranched alkanes of at least 4 members (excludes halogenated alkanes) is 2. The van der Waals surface area contributed by atoms with Gasteiger partial charge in [-0.15, -0.1) is 0 Å². The van der Waals surface area contributed by atoms with Crippen LogP contribution in [-0.2, 0) is 25.5 Å². The molecule has 1 aromatic rings. The number of aryl methyl sites for hydroxylation is 1. The summed E-state index contributed by atoms with van der Waals surface area (Å²) in [5, 5.41) is 38.7. The fraction of sp³-hybridized carbons (Fsp3) is 0.773. The number of aliphatic hydroxyl groups is 3. The topological polar surface area (TPSA) is 113 Å². The molecule has 3 saturated carbocycles. The highest BCUT2D eigenvalue weighted by Crippen LogP contribution is 2.69. The molecule has 3 N–H and O–H groups in total. The zero-order chi connectivity index (χ0) is 36.8. The van der Waals surface area contributed by atoms with Crippen molar-refractivity contribution in [2.75, 3.05) is 6.61 Å². The minimum absolute atomic E-state index is 0.209. The Kier molecular flexibility index (Phi) is 13.5. The van der Waals surface area contributed by atoms with E-state index < -0.39 is 35.2 Å². The van der Waals surface area contributed by atoms with Crippen molar-refractivity contribution in [1.82, 2.24) is 0 Å². The van der Waals surface area contributed by atoms with E-state index in [0.717, 1.165) is 50.5 Å². The number of esters is 2. The van der Waals surface area contributed by atoms with E-state index in [0.29, 0.717) is 49.9 Å². The maximum absolute atomic E-state index is 13.4. The molecule has 4 aliphatic rings. The number of carbonyl (C=O) groups is 2. The Labute approximate surface area is 308 Å². The Morgan fingerprint density at radius 2 is 1.80 bits per heavy atom. The van der Waals surface area contributed by atoms with Crippen molar-refractivity contribution in [2.45, 2.75) is 168 Å². The predicted octanol–water partition coefficient (Wildman–Crippen LogP) is 8.51. The Morgan fingerprint density at radius 1 is 1.04 bits per heavy atom. The van der Waals surface area contributed by atoms with Crippen LogP contribution in [-0.4, -0.2) is 57.8 Å². The third kappa shape index (κ3) is 8.46. The summed E-state index contributed by atoms with van der Waals surface area (Å²) in [5.41, 5.74) is -0.961. The first-order valence-electron chi connectivity index (χ1n) is 20.5. The first-order chi connectivity index (χ1) is 24.3. The van der Waals surface area contributed by atoms with Gasteiger partial charge in [-0.3, -0.25) is 4.79 Å². The molecule has 0 aromatic heterocycles. The van der Waals surface area contributed by atoms with Crippen LogP contribution in [0.4, 0.5) is 0 Å². The van der Waals surface area contributed by atoms with E-state index in [1.165, 1.54) is 50.7 Å². The van der Waals surface area contributed by atoms with Crippen molar-refractivity contribution < 1.29 is 34.4 Å². The second kappa shape index (κ2) is 17.3. The van der Waals surface area contributed by atoms with E-state index in [4.69, 9.17) is 9.47 Å². The van der Waals surface area contributed by atoms with Crippen molar-refractivity contribution in [3.05, 3.63) is 47.5 Å². The molecule has 286 valence electrons. The Morgan fingerprint density at radius 3 is 2.49 bits per heavy atom. The van der Waals surface area contributed by atoms with Crippen LogP contribution in [0, 0.1) is 40.4 Å². The summed E-state index contributed by atoms with van der Waals surface area (Å²) in [6, 6.07) is 10.5. The molecular weight excluding hydrogens is 640 g/mol. The summed E-state index contributed by atoms with van der Waals surface area (Å²) < 4.78 is 11.5. The summed E-state index contributed by atoms with van der Waals surface area (Å²) in [5.74, 6) is -0.141. The minimum Gasteiger partial charge on any atom is -0.462 e. The van der Waals surface area contributed by atoms with Crippen molar-refractivity contribution in [3.8, 4) is 0 Å². The fourth-order valence-corrected chi connectivity index (χ4v) is 11.6. The standard InChI is InChI=1S/C44H68O7/c1-6-7-9-16-34-19-20-36(27-34)42(5)24-23-39(47)44(38(46)21-18-30(2)13-12-17-33-14-10-8-11-15-33)41(42)37(51-32(4)45)26-31(3)43(44,49)25-22-35-28-40(48)50-29-35/h8,10-11,14-15,28,30-31,34,36-39,41,46-47,49H,6-7,9,12-13,16-27,29H2,1-5H3/t30-,31-,34-,36-,37-,38-,39-,41+,42+,43-,44+/m1/s1. The molecule has 5 rings (SSSR count). The Hall–Kier alpha value is -2.22. The lowest BCUT2D eigenvalue weighted by molar-refractivity contribution is -0.326. The normalized spacial score (nSPS) is 36.2. The lowest BCUT2D eigenvalue weighted by Gasteiger charge is -2.70. The van der Waals surface area contributed by atoms with E-state index in [1.54, 1.807) is 0 Å². The molecule has 1 heterocycles. The van der Waals surface area contributed by atoms with Gasteiger partial charge in [0.1, 0.15) is 12.7 Å². The average molecular weight is 709 g/mol. The largest absolute Gasteiger partial charge is 0.462 e. The maximum atomic E-state index is 13.4. The van der Waals surface area contributed by atoms with Crippen LogP contribution >= 0.6 is 0 Å². The quantitative estimate of drug-likeness (QED) is 0.110. The minimum atomic E-state index is -1.46. The maximum Gasteiger partial charge on any atom is 0.331 e. The van der Waals surface area contributed by atoms with Gasteiger partial charge in [0.05, 0.1) is 23.2 Å². The number of hydrogen-bond acceptors (Lipinski definition) is 7. The van der Waals surface area contributed by atoms with Gasteiger partial charge in [-0.25, -0.2) is 4.79 Å². The van der Waals surface area contributed by atoms with E-state index in [2.05, 4.69) is 45.0 Å². The van der Waals surface area contributed by atoms with Crippen molar-refractivity contribution in [1.29, 1.82) is 0 Å². The van der Waals surface area contributed by atoms with Crippen LogP contribution in [0.2, 0.25) is 0 Å². The van der Waals surface area contributed by atoms with Gasteiger partial charge in [0, 0.05) is 18.9 Å². The molecule has 1 aromatic carbocycles. The Balaban J connectivity index is 1.49. The summed E-state index contributed by atoms with van der Waals surface area (Å²) in [4.78, 5) is 24.8. The molecule has 0 saturated heterocycles. The molecule has 0 amide bonds. The first kappa shape index (κ1) is 40.0. The van der Waals surface area contributed by atoms with E-state index in [9.17, 15) is 24.9 Å². The first-order valence-corrected chi connectivity index (χ1v) is 20.5. The summed E-state index contributed by atoms with van der Waals surface area (Å²) in [7, 11) is 0. The molecule has 1 aliphatic heterocycles. The average Bonchev–Trinajstić information content (AvgIpc) is 3.76. The molecule has 3 aliphatic carbocycles. The van der Waals surface area contributed by atoms with E-state index in [-0.39, 0.29) is 29.9 Å². The zero-order valence-corrected chi connectivity index (χ0v) is 32.3. The third-order valence-corrected chi connectivity index (χ3v) is 14.3. The number of hydrogen-bond donors (Lipinski definition) is 3. The predicted molar refractivity (Wildman–Crippen MR) is 201 cm³/mol. The smallest absolute Gasteiger partial charge is 0.331 e. The molecule has 11 atom stereocenters. The molecule has 7 heteroatoms. The van der Waals surface area contributed by atoms with Gasteiger partial charge in [0.15, 0.2) is 0 Å². The van der Waals surface area contributed by atoms with Crippen molar-refractivity contribution in [2.24, 2.45) is 40.4 Å². The number of rotatable bonds is 17. The van der Waals surface area contributed by atoms with Crippen LogP contribution < -0.4 is 0 Å². The number of aliphatic hydroxyl groups excluding tert-OH is 2. The zero-order valence-electron chi connectivity index (χ0n) is 32.3.